The van der Waals surface area contributed by atoms with Crippen LogP contribution in [0.5, 0.6) is 5.75 Å². The second-order valence-electron chi connectivity index (χ2n) is 11.9. The molecule has 8 nitrogen and oxygen atoms in total. The van der Waals surface area contributed by atoms with E-state index in [9.17, 15) is 19.5 Å². The minimum atomic E-state index is -0.641. The van der Waals surface area contributed by atoms with Crippen LogP contribution in [-0.4, -0.2) is 65.1 Å². The average molecular weight is 488 g/mol. The minimum absolute atomic E-state index is 0.0713. The number of aromatic hydroxyl groups is 1. The van der Waals surface area contributed by atoms with Gasteiger partial charge in [-0.1, -0.05) is 20.8 Å². The highest BCUT2D eigenvalue weighted by Crippen LogP contribution is 2.34. The zero-order chi connectivity index (χ0) is 26.1. The quantitative estimate of drug-likeness (QED) is 0.551. The Hall–Kier alpha value is -2.61. The number of nitrogens with zero attached hydrogens (tertiary/aromatic N) is 1. The van der Waals surface area contributed by atoms with Crippen LogP contribution in [0, 0.1) is 5.92 Å². The number of benzene rings is 1. The van der Waals surface area contributed by atoms with E-state index in [4.69, 9.17) is 4.74 Å². The summed E-state index contributed by atoms with van der Waals surface area (Å²) >= 11 is 0. The average Bonchev–Trinajstić information content (AvgIpc) is 3.11. The maximum Gasteiger partial charge on any atom is 0.310 e. The monoisotopic (exact) mass is 487 g/mol. The number of amides is 2. The van der Waals surface area contributed by atoms with Crippen LogP contribution in [0.4, 0.5) is 0 Å². The molecule has 1 aromatic rings. The van der Waals surface area contributed by atoms with Crippen LogP contribution >= 0.6 is 0 Å². The van der Waals surface area contributed by atoms with Gasteiger partial charge in [-0.15, -0.1) is 0 Å². The highest BCUT2D eigenvalue weighted by Gasteiger charge is 2.45. The number of esters is 1. The maximum atomic E-state index is 13.3. The molecule has 2 fully saturated rings. The van der Waals surface area contributed by atoms with Gasteiger partial charge in [0.1, 0.15) is 11.8 Å². The minimum Gasteiger partial charge on any atom is -0.508 e. The lowest BCUT2D eigenvalue weighted by Gasteiger charge is -2.41. The van der Waals surface area contributed by atoms with Crippen molar-refractivity contribution in [2.75, 3.05) is 13.7 Å². The second-order valence-corrected chi connectivity index (χ2v) is 11.9. The molecule has 0 aromatic heterocycles. The molecule has 1 aromatic carbocycles. The SMILES string of the molecule is COC(=O)[C@@H]1C[C@H](NC(C)(C)C)CC[C@@H]1N1CCC(NC(=O)c2ccc(O)c(C(C)(C)C)c2)C1=O. The van der Waals surface area contributed by atoms with Crippen molar-refractivity contribution in [3.63, 3.8) is 0 Å². The first-order valence-corrected chi connectivity index (χ1v) is 12.5. The van der Waals surface area contributed by atoms with Crippen LogP contribution in [0.15, 0.2) is 18.2 Å². The number of likely N-dealkylation sites (tertiary alicyclic amines) is 1. The van der Waals surface area contributed by atoms with Crippen molar-refractivity contribution in [3.8, 4) is 5.75 Å². The van der Waals surface area contributed by atoms with Gasteiger partial charge in [-0.2, -0.15) is 0 Å². The Morgan fingerprint density at radius 3 is 2.37 bits per heavy atom. The van der Waals surface area contributed by atoms with E-state index < -0.39 is 12.0 Å². The Balaban J connectivity index is 1.71. The highest BCUT2D eigenvalue weighted by atomic mass is 16.5. The van der Waals surface area contributed by atoms with Gasteiger partial charge in [0, 0.05) is 35.3 Å². The van der Waals surface area contributed by atoms with Crippen molar-refractivity contribution in [1.82, 2.24) is 15.5 Å². The number of phenols is 1. The third-order valence-corrected chi connectivity index (χ3v) is 6.97. The van der Waals surface area contributed by atoms with Crippen molar-refractivity contribution in [2.24, 2.45) is 5.92 Å². The van der Waals surface area contributed by atoms with Gasteiger partial charge < -0.3 is 25.4 Å². The van der Waals surface area contributed by atoms with Crippen molar-refractivity contribution in [1.29, 1.82) is 0 Å². The summed E-state index contributed by atoms with van der Waals surface area (Å²) in [6.07, 6.45) is 2.66. The predicted octanol–water partition coefficient (Wildman–Crippen LogP) is 3.12. The number of hydrogen-bond donors (Lipinski definition) is 3. The summed E-state index contributed by atoms with van der Waals surface area (Å²) < 4.78 is 5.10. The third kappa shape index (κ3) is 6.34. The number of ether oxygens (including phenoxy) is 1. The van der Waals surface area contributed by atoms with E-state index in [1.807, 2.05) is 20.8 Å². The molecule has 4 atom stereocenters. The number of nitrogens with one attached hydrogen (secondary N) is 2. The molecule has 3 N–H and O–H groups in total. The molecule has 2 aliphatic rings. The number of phenolic OH excluding ortho intramolecular Hbond substituents is 1. The van der Waals surface area contributed by atoms with Crippen LogP contribution in [0.2, 0.25) is 0 Å². The van der Waals surface area contributed by atoms with E-state index in [1.165, 1.54) is 13.2 Å². The van der Waals surface area contributed by atoms with Crippen LogP contribution < -0.4 is 10.6 Å². The molecule has 194 valence electrons. The zero-order valence-corrected chi connectivity index (χ0v) is 22.1. The molecule has 1 unspecified atom stereocenters. The number of methoxy groups -OCH3 is 1. The summed E-state index contributed by atoms with van der Waals surface area (Å²) in [7, 11) is 1.39. The van der Waals surface area contributed by atoms with Gasteiger partial charge in [-0.3, -0.25) is 14.4 Å². The fraction of sp³-hybridized carbons (Fsp3) is 0.667. The standard InChI is InChI=1S/C27H41N3O5/c1-26(2,3)19-14-16(8-11-22(19)31)23(32)28-20-12-13-30(24(20)33)21-10-9-17(29-27(4,5)6)15-18(21)25(34)35-7/h8,11,14,17-18,20-21,29,31H,9-10,12-13,15H2,1-7H3,(H,28,32)/t17-,18-,20?,21+/m1/s1. The fourth-order valence-corrected chi connectivity index (χ4v) is 5.36. The lowest BCUT2D eigenvalue weighted by molar-refractivity contribution is -0.151. The Morgan fingerprint density at radius 2 is 1.77 bits per heavy atom. The van der Waals surface area contributed by atoms with E-state index in [0.29, 0.717) is 36.9 Å². The van der Waals surface area contributed by atoms with Gasteiger partial charge in [0.15, 0.2) is 0 Å². The molecule has 1 saturated heterocycles. The maximum absolute atomic E-state index is 13.3. The Labute approximate surface area is 208 Å². The Kier molecular flexibility index (Phi) is 7.84. The van der Waals surface area contributed by atoms with E-state index >= 15 is 0 Å². The molecule has 3 rings (SSSR count). The zero-order valence-electron chi connectivity index (χ0n) is 22.1. The second kappa shape index (κ2) is 10.2. The number of hydrogen-bond acceptors (Lipinski definition) is 6. The molecule has 1 aliphatic carbocycles. The van der Waals surface area contributed by atoms with E-state index in [1.54, 1.807) is 17.0 Å². The van der Waals surface area contributed by atoms with Gasteiger partial charge in [-0.25, -0.2) is 0 Å². The normalized spacial score (nSPS) is 25.5. The number of carbonyl (C=O) groups is 3. The van der Waals surface area contributed by atoms with Gasteiger partial charge >= 0.3 is 5.97 Å². The van der Waals surface area contributed by atoms with Crippen LogP contribution in [0.1, 0.15) is 83.1 Å². The van der Waals surface area contributed by atoms with E-state index in [2.05, 4.69) is 31.4 Å². The Bertz CT molecular complexity index is 963. The van der Waals surface area contributed by atoms with Crippen molar-refractivity contribution in [3.05, 3.63) is 29.3 Å². The van der Waals surface area contributed by atoms with Gasteiger partial charge in [-0.05, 0) is 70.1 Å². The van der Waals surface area contributed by atoms with Crippen LogP contribution in [-0.2, 0) is 19.7 Å². The first-order valence-electron chi connectivity index (χ1n) is 12.5. The molecular weight excluding hydrogens is 446 g/mol. The van der Waals surface area contributed by atoms with Crippen molar-refractivity contribution < 1.29 is 24.2 Å². The molecule has 1 saturated carbocycles. The van der Waals surface area contributed by atoms with Crippen molar-refractivity contribution >= 4 is 17.8 Å². The van der Waals surface area contributed by atoms with Gasteiger partial charge in [0.2, 0.25) is 5.91 Å². The molecule has 35 heavy (non-hydrogen) atoms. The van der Waals surface area contributed by atoms with E-state index in [0.717, 1.165) is 6.42 Å². The molecule has 0 bridgehead atoms. The molecule has 0 spiro atoms. The summed E-state index contributed by atoms with van der Waals surface area (Å²) in [6, 6.07) is 4.06. The lowest BCUT2D eigenvalue weighted by Crippen LogP contribution is -2.55. The summed E-state index contributed by atoms with van der Waals surface area (Å²) in [5, 5.41) is 16.6. The van der Waals surface area contributed by atoms with Crippen molar-refractivity contribution in [2.45, 2.75) is 96.3 Å². The fourth-order valence-electron chi connectivity index (χ4n) is 5.36. The molecule has 2 amide bonds. The predicted molar refractivity (Wildman–Crippen MR) is 134 cm³/mol. The van der Waals surface area contributed by atoms with Crippen LogP contribution in [0.3, 0.4) is 0 Å². The molecule has 1 aliphatic heterocycles. The third-order valence-electron chi connectivity index (χ3n) is 6.97. The molecule has 8 heteroatoms. The Morgan fingerprint density at radius 1 is 1.09 bits per heavy atom. The van der Waals surface area contributed by atoms with Gasteiger partial charge in [0.25, 0.3) is 5.91 Å². The summed E-state index contributed by atoms with van der Waals surface area (Å²) in [4.78, 5) is 40.7. The summed E-state index contributed by atoms with van der Waals surface area (Å²) in [5.74, 6) is -1.07. The first-order chi connectivity index (χ1) is 16.2. The van der Waals surface area contributed by atoms with E-state index in [-0.39, 0.29) is 46.6 Å². The lowest BCUT2D eigenvalue weighted by atomic mass is 9.80. The topological polar surface area (TPSA) is 108 Å². The van der Waals surface area contributed by atoms with Crippen LogP contribution in [0.25, 0.3) is 0 Å². The first kappa shape index (κ1) is 27.0. The number of rotatable bonds is 5. The molecule has 1 heterocycles. The largest absolute Gasteiger partial charge is 0.508 e. The summed E-state index contributed by atoms with van der Waals surface area (Å²) in [6.45, 7) is 12.7. The number of carbonyl (C=O) groups excluding carboxylic acids is 3. The molecular formula is C27H41N3O5. The molecule has 0 radical (unpaired) electrons. The van der Waals surface area contributed by atoms with Gasteiger partial charge in [0.05, 0.1) is 13.0 Å². The smallest absolute Gasteiger partial charge is 0.310 e. The summed E-state index contributed by atoms with van der Waals surface area (Å²) in [5.41, 5.74) is 0.674. The highest BCUT2D eigenvalue weighted by molar-refractivity contribution is 5.98.